The fraction of sp³-hybridized carbons (Fsp3) is 0.143. The van der Waals surface area contributed by atoms with Gasteiger partial charge in [0.1, 0.15) is 16.7 Å². The molecule has 1 aromatic heterocycles. The molecule has 10 nitrogen and oxygen atoms in total. The number of nitrogens with zero attached hydrogens (tertiary/aromatic N) is 2. The van der Waals surface area contributed by atoms with Crippen LogP contribution in [0.3, 0.4) is 0 Å². The highest BCUT2D eigenvalue weighted by Crippen LogP contribution is 2.34. The first-order chi connectivity index (χ1) is 12.6. The summed E-state index contributed by atoms with van der Waals surface area (Å²) >= 11 is 0.757. The quantitative estimate of drug-likeness (QED) is 0.257. The largest absolute Gasteiger partial charge is 0.476 e. The van der Waals surface area contributed by atoms with E-state index in [9.17, 15) is 22.4 Å². The molecule has 1 aromatic carbocycles. The van der Waals surface area contributed by atoms with Gasteiger partial charge in [0.2, 0.25) is 16.8 Å². The van der Waals surface area contributed by atoms with Gasteiger partial charge in [0, 0.05) is 6.07 Å². The number of carboxylic acids is 1. The number of hydrogen-bond acceptors (Lipinski definition) is 7. The number of aromatic carboxylic acids is 1. The number of amidine groups is 1. The van der Waals surface area contributed by atoms with Crippen LogP contribution in [0.2, 0.25) is 0 Å². The summed E-state index contributed by atoms with van der Waals surface area (Å²) in [7, 11) is -3.35. The third-order valence-electron chi connectivity index (χ3n) is 3.42. The maximum atomic E-state index is 14.3. The third-order valence-corrected chi connectivity index (χ3v) is 5.12. The lowest BCUT2D eigenvalue weighted by Gasteiger charge is -2.17. The SMILES string of the molecule is CC(C(=N)N)C(=O)Nc1ccc(N(c2scnc2C(=O)O)[SH](=O)=O)cc1F. The summed E-state index contributed by atoms with van der Waals surface area (Å²) in [5.41, 5.74) is 5.46. The summed E-state index contributed by atoms with van der Waals surface area (Å²) in [6, 6.07) is 3.13. The standard InChI is InChI=1S/C14H14FN5O5S2/c1-6(11(16)17)12(21)19-9-3-2-7(4-8(9)15)20(27(24)25)13-10(14(22)23)18-5-26-13/h2-6,27H,1H3,(H3,16,17)(H,19,21)(H,22,23). The molecule has 27 heavy (non-hydrogen) atoms. The number of carbonyl (C=O) groups excluding carboxylic acids is 1. The molecular weight excluding hydrogens is 401 g/mol. The molecule has 0 saturated heterocycles. The number of nitrogens with one attached hydrogen (secondary N) is 2. The van der Waals surface area contributed by atoms with E-state index in [-0.39, 0.29) is 16.4 Å². The second-order valence-electron chi connectivity index (χ2n) is 5.19. The molecule has 2 aromatic rings. The lowest BCUT2D eigenvalue weighted by molar-refractivity contribution is -0.117. The Morgan fingerprint density at radius 1 is 1.44 bits per heavy atom. The van der Waals surface area contributed by atoms with Crippen molar-refractivity contribution in [3.05, 3.63) is 35.2 Å². The van der Waals surface area contributed by atoms with E-state index in [1.54, 1.807) is 0 Å². The highest BCUT2D eigenvalue weighted by atomic mass is 32.2. The van der Waals surface area contributed by atoms with Gasteiger partial charge in [-0.3, -0.25) is 10.2 Å². The number of hydrogen-bond donors (Lipinski definition) is 5. The first-order valence-electron chi connectivity index (χ1n) is 7.19. The van der Waals surface area contributed by atoms with Gasteiger partial charge in [-0.25, -0.2) is 26.9 Å². The molecule has 0 aliphatic carbocycles. The van der Waals surface area contributed by atoms with Crippen molar-refractivity contribution in [1.82, 2.24) is 4.98 Å². The molecule has 2 rings (SSSR count). The molecule has 0 aliphatic heterocycles. The number of carbonyl (C=O) groups is 2. The highest BCUT2D eigenvalue weighted by molar-refractivity contribution is 7.74. The van der Waals surface area contributed by atoms with Crippen LogP contribution < -0.4 is 15.4 Å². The molecule has 0 fully saturated rings. The average molecular weight is 415 g/mol. The van der Waals surface area contributed by atoms with Crippen LogP contribution in [0.4, 0.5) is 20.8 Å². The fourth-order valence-corrected chi connectivity index (χ4v) is 3.55. The van der Waals surface area contributed by atoms with Crippen LogP contribution in [0.1, 0.15) is 17.4 Å². The zero-order valence-corrected chi connectivity index (χ0v) is 15.4. The van der Waals surface area contributed by atoms with E-state index >= 15 is 0 Å². The van der Waals surface area contributed by atoms with E-state index in [0.717, 1.165) is 29.0 Å². The van der Waals surface area contributed by atoms with Crippen molar-refractivity contribution >= 4 is 56.3 Å². The molecule has 144 valence electrons. The zero-order chi connectivity index (χ0) is 20.3. The third kappa shape index (κ3) is 4.38. The molecule has 1 amide bonds. The molecule has 1 unspecified atom stereocenters. The Kier molecular flexibility index (Phi) is 6.07. The van der Waals surface area contributed by atoms with E-state index in [1.807, 2.05) is 0 Å². The van der Waals surface area contributed by atoms with E-state index in [0.29, 0.717) is 4.31 Å². The van der Waals surface area contributed by atoms with Crippen LogP contribution in [-0.4, -0.2) is 36.2 Å². The van der Waals surface area contributed by atoms with Crippen LogP contribution in [-0.2, 0) is 15.7 Å². The Morgan fingerprint density at radius 3 is 2.63 bits per heavy atom. The van der Waals surface area contributed by atoms with E-state index in [1.165, 1.54) is 13.0 Å². The number of aromatic nitrogens is 1. The lowest BCUT2D eigenvalue weighted by Crippen LogP contribution is -2.31. The van der Waals surface area contributed by atoms with Crippen LogP contribution in [0.5, 0.6) is 0 Å². The molecule has 13 heteroatoms. The number of amides is 1. The molecule has 1 heterocycles. The van der Waals surface area contributed by atoms with Crippen LogP contribution in [0.25, 0.3) is 0 Å². The molecule has 0 saturated carbocycles. The minimum atomic E-state index is -3.35. The summed E-state index contributed by atoms with van der Waals surface area (Å²) in [6.07, 6.45) is 0. The highest BCUT2D eigenvalue weighted by Gasteiger charge is 2.24. The monoisotopic (exact) mass is 415 g/mol. The van der Waals surface area contributed by atoms with Crippen molar-refractivity contribution in [3.63, 3.8) is 0 Å². The van der Waals surface area contributed by atoms with Crippen LogP contribution >= 0.6 is 11.3 Å². The van der Waals surface area contributed by atoms with Gasteiger partial charge in [-0.1, -0.05) is 0 Å². The number of rotatable bonds is 7. The first kappa shape index (κ1) is 20.3. The van der Waals surface area contributed by atoms with Crippen LogP contribution in [0.15, 0.2) is 23.7 Å². The maximum absolute atomic E-state index is 14.3. The number of anilines is 3. The van der Waals surface area contributed by atoms with Gasteiger partial charge in [0.15, 0.2) is 5.69 Å². The molecular formula is C14H14FN5O5S2. The van der Waals surface area contributed by atoms with Crippen molar-refractivity contribution < 1.29 is 27.5 Å². The smallest absolute Gasteiger partial charge is 0.357 e. The van der Waals surface area contributed by atoms with Gasteiger partial charge >= 0.3 is 5.97 Å². The average Bonchev–Trinajstić information content (AvgIpc) is 3.05. The zero-order valence-electron chi connectivity index (χ0n) is 13.7. The second-order valence-corrected chi connectivity index (χ2v) is 6.90. The molecule has 0 spiro atoms. The number of carboxylic acid groups (broad SMARTS) is 1. The molecule has 0 bridgehead atoms. The number of thiazole rings is 1. The Bertz CT molecular complexity index is 982. The summed E-state index contributed by atoms with van der Waals surface area (Å²) in [5.74, 6) is -4.48. The molecule has 0 aliphatic rings. The predicted molar refractivity (Wildman–Crippen MR) is 97.6 cm³/mol. The predicted octanol–water partition coefficient (Wildman–Crippen LogP) is 1.16. The summed E-state index contributed by atoms with van der Waals surface area (Å²) < 4.78 is 38.2. The van der Waals surface area contributed by atoms with E-state index < -0.39 is 46.0 Å². The minimum Gasteiger partial charge on any atom is -0.476 e. The van der Waals surface area contributed by atoms with Gasteiger partial charge in [0.05, 0.1) is 22.8 Å². The summed E-state index contributed by atoms with van der Waals surface area (Å²) in [6.45, 7) is 1.37. The molecule has 5 N–H and O–H groups in total. The van der Waals surface area contributed by atoms with Gasteiger partial charge in [-0.15, -0.1) is 11.3 Å². The van der Waals surface area contributed by atoms with E-state index in [4.69, 9.17) is 16.2 Å². The number of nitrogens with two attached hydrogens (primary N) is 1. The minimum absolute atomic E-state index is 0.173. The normalized spacial score (nSPS) is 11.8. The Hall–Kier alpha value is -3.06. The van der Waals surface area contributed by atoms with Gasteiger partial charge in [0.25, 0.3) is 0 Å². The number of benzene rings is 1. The summed E-state index contributed by atoms with van der Waals surface area (Å²) in [4.78, 5) is 26.6. The Morgan fingerprint density at radius 2 is 2.11 bits per heavy atom. The van der Waals surface area contributed by atoms with E-state index in [2.05, 4.69) is 10.3 Å². The number of thiol groups is 1. The van der Waals surface area contributed by atoms with Gasteiger partial charge in [-0.05, 0) is 19.1 Å². The summed E-state index contributed by atoms with van der Waals surface area (Å²) in [5, 5.41) is 18.4. The Labute approximate surface area is 158 Å². The Balaban J connectivity index is 2.39. The maximum Gasteiger partial charge on any atom is 0.357 e. The van der Waals surface area contributed by atoms with Crippen LogP contribution in [0, 0.1) is 17.1 Å². The number of halogens is 1. The molecule has 0 radical (unpaired) electrons. The van der Waals surface area contributed by atoms with Crippen molar-refractivity contribution in [2.45, 2.75) is 6.92 Å². The fourth-order valence-electron chi connectivity index (χ4n) is 1.94. The second kappa shape index (κ2) is 8.09. The van der Waals surface area contributed by atoms with Crippen molar-refractivity contribution in [3.8, 4) is 0 Å². The van der Waals surface area contributed by atoms with Crippen molar-refractivity contribution in [2.75, 3.05) is 9.62 Å². The van der Waals surface area contributed by atoms with Crippen molar-refractivity contribution in [2.24, 2.45) is 11.7 Å². The lowest BCUT2D eigenvalue weighted by atomic mass is 10.1. The first-order valence-corrected chi connectivity index (χ1v) is 9.20. The van der Waals surface area contributed by atoms with Crippen molar-refractivity contribution in [1.29, 1.82) is 5.41 Å². The topological polar surface area (TPSA) is 167 Å². The van der Waals surface area contributed by atoms with Gasteiger partial charge in [-0.2, -0.15) is 0 Å². The van der Waals surface area contributed by atoms with Gasteiger partial charge < -0.3 is 16.2 Å². The molecule has 1 atom stereocenters.